The van der Waals surface area contributed by atoms with Crippen LogP contribution in [0.15, 0.2) is 35.8 Å². The number of hydrogen-bond donors (Lipinski definition) is 1. The molecule has 0 aliphatic rings. The Morgan fingerprint density at radius 1 is 1.57 bits per heavy atom. The van der Waals surface area contributed by atoms with Crippen molar-refractivity contribution in [3.63, 3.8) is 0 Å². The second-order valence-electron chi connectivity index (χ2n) is 2.87. The summed E-state index contributed by atoms with van der Waals surface area (Å²) in [7, 11) is 1.73. The highest BCUT2D eigenvalue weighted by atomic mass is 19.1. The summed E-state index contributed by atoms with van der Waals surface area (Å²) < 4.78 is 12.8. The number of allylic oxidation sites excluding steroid dienone is 1. The van der Waals surface area contributed by atoms with E-state index in [0.717, 1.165) is 5.71 Å². The third-order valence-corrected chi connectivity index (χ3v) is 1.82. The van der Waals surface area contributed by atoms with Gasteiger partial charge in [-0.25, -0.2) is 4.39 Å². The lowest BCUT2D eigenvalue weighted by Crippen LogP contribution is -1.91. The normalized spacial score (nSPS) is 11.2. The molecule has 0 aliphatic heterocycles. The Labute approximate surface area is 83.2 Å². The fourth-order valence-corrected chi connectivity index (χ4v) is 1.04. The van der Waals surface area contributed by atoms with E-state index < -0.39 is 0 Å². The smallest absolute Gasteiger partial charge is 0.125 e. The number of halogens is 1. The lowest BCUT2D eigenvalue weighted by atomic mass is 10.2. The maximum Gasteiger partial charge on any atom is 0.125 e. The van der Waals surface area contributed by atoms with Crippen molar-refractivity contribution in [2.45, 2.75) is 6.92 Å². The van der Waals surface area contributed by atoms with Gasteiger partial charge in [0.1, 0.15) is 5.82 Å². The SMILES string of the molecule is C=CC(C)=Nc1ccc(F)cc1NC. The third kappa shape index (κ3) is 2.42. The molecule has 0 radical (unpaired) electrons. The molecule has 0 aromatic heterocycles. The Hall–Kier alpha value is -1.64. The molecular weight excluding hydrogens is 179 g/mol. The third-order valence-electron chi connectivity index (χ3n) is 1.82. The van der Waals surface area contributed by atoms with Crippen LogP contribution in [0.2, 0.25) is 0 Å². The summed E-state index contributed by atoms with van der Waals surface area (Å²) >= 11 is 0. The Morgan fingerprint density at radius 3 is 2.86 bits per heavy atom. The van der Waals surface area contributed by atoms with Gasteiger partial charge >= 0.3 is 0 Å². The number of rotatable bonds is 3. The minimum absolute atomic E-state index is 0.274. The van der Waals surface area contributed by atoms with E-state index in [1.165, 1.54) is 12.1 Å². The van der Waals surface area contributed by atoms with Gasteiger partial charge in [-0.1, -0.05) is 6.58 Å². The predicted molar refractivity (Wildman–Crippen MR) is 58.9 cm³/mol. The first-order valence-electron chi connectivity index (χ1n) is 4.32. The van der Waals surface area contributed by atoms with Crippen LogP contribution in [0.3, 0.4) is 0 Å². The van der Waals surface area contributed by atoms with Gasteiger partial charge in [-0.3, -0.25) is 4.99 Å². The van der Waals surface area contributed by atoms with E-state index in [-0.39, 0.29) is 5.82 Å². The molecule has 74 valence electrons. The van der Waals surface area contributed by atoms with Crippen molar-refractivity contribution >= 4 is 17.1 Å². The highest BCUT2D eigenvalue weighted by Crippen LogP contribution is 2.25. The molecule has 0 atom stereocenters. The van der Waals surface area contributed by atoms with Crippen molar-refractivity contribution in [1.29, 1.82) is 0 Å². The van der Waals surface area contributed by atoms with Crippen LogP contribution < -0.4 is 5.32 Å². The molecule has 2 nitrogen and oxygen atoms in total. The molecule has 0 bridgehead atoms. The average molecular weight is 192 g/mol. The molecule has 0 spiro atoms. The zero-order valence-corrected chi connectivity index (χ0v) is 8.34. The molecule has 0 saturated carbocycles. The van der Waals surface area contributed by atoms with E-state index in [2.05, 4.69) is 16.9 Å². The average Bonchev–Trinajstić information content (AvgIpc) is 2.20. The van der Waals surface area contributed by atoms with Gasteiger partial charge in [0.15, 0.2) is 0 Å². The fraction of sp³-hybridized carbons (Fsp3) is 0.182. The molecule has 1 aromatic carbocycles. The zero-order valence-electron chi connectivity index (χ0n) is 8.34. The van der Waals surface area contributed by atoms with Crippen LogP contribution in [0.1, 0.15) is 6.92 Å². The van der Waals surface area contributed by atoms with Crippen LogP contribution in [-0.2, 0) is 0 Å². The molecule has 0 amide bonds. The monoisotopic (exact) mass is 192 g/mol. The lowest BCUT2D eigenvalue weighted by molar-refractivity contribution is 0.628. The molecule has 0 aliphatic carbocycles. The van der Waals surface area contributed by atoms with Crippen molar-refractivity contribution in [2.24, 2.45) is 4.99 Å². The molecule has 0 heterocycles. The summed E-state index contributed by atoms with van der Waals surface area (Å²) in [4.78, 5) is 4.26. The van der Waals surface area contributed by atoms with E-state index in [1.807, 2.05) is 6.92 Å². The minimum atomic E-state index is -0.274. The van der Waals surface area contributed by atoms with Gasteiger partial charge in [-0.05, 0) is 31.2 Å². The molecule has 1 rings (SSSR count). The molecule has 3 heteroatoms. The Balaban J connectivity index is 3.14. The fourth-order valence-electron chi connectivity index (χ4n) is 1.04. The van der Waals surface area contributed by atoms with Gasteiger partial charge in [0, 0.05) is 12.8 Å². The van der Waals surface area contributed by atoms with Crippen LogP contribution in [0, 0.1) is 5.82 Å². The van der Waals surface area contributed by atoms with E-state index in [9.17, 15) is 4.39 Å². The summed E-state index contributed by atoms with van der Waals surface area (Å²) in [6.07, 6.45) is 1.66. The largest absolute Gasteiger partial charge is 0.386 e. The van der Waals surface area contributed by atoms with Gasteiger partial charge in [0.2, 0.25) is 0 Å². The maximum absolute atomic E-state index is 12.8. The summed E-state index contributed by atoms with van der Waals surface area (Å²) in [5.41, 5.74) is 2.19. The van der Waals surface area contributed by atoms with Crippen LogP contribution >= 0.6 is 0 Å². The second-order valence-corrected chi connectivity index (χ2v) is 2.87. The first kappa shape index (κ1) is 10.4. The number of benzene rings is 1. The molecule has 1 N–H and O–H groups in total. The second kappa shape index (κ2) is 4.56. The first-order chi connectivity index (χ1) is 6.67. The van der Waals surface area contributed by atoms with Crippen LogP contribution in [-0.4, -0.2) is 12.8 Å². The van der Waals surface area contributed by atoms with Crippen molar-refractivity contribution < 1.29 is 4.39 Å². The molecule has 0 fully saturated rings. The van der Waals surface area contributed by atoms with Gasteiger partial charge in [-0.15, -0.1) is 0 Å². The number of nitrogens with zero attached hydrogens (tertiary/aromatic N) is 1. The lowest BCUT2D eigenvalue weighted by Gasteiger charge is -2.04. The molecule has 1 aromatic rings. The number of nitrogens with one attached hydrogen (secondary N) is 1. The van der Waals surface area contributed by atoms with E-state index in [1.54, 1.807) is 19.2 Å². The summed E-state index contributed by atoms with van der Waals surface area (Å²) in [5, 5.41) is 2.88. The van der Waals surface area contributed by atoms with Gasteiger partial charge in [0.25, 0.3) is 0 Å². The maximum atomic E-state index is 12.8. The van der Waals surface area contributed by atoms with Gasteiger partial charge in [-0.2, -0.15) is 0 Å². The summed E-state index contributed by atoms with van der Waals surface area (Å²) in [6, 6.07) is 4.43. The Kier molecular flexibility index (Phi) is 3.40. The zero-order chi connectivity index (χ0) is 10.6. The van der Waals surface area contributed by atoms with Gasteiger partial charge in [0.05, 0.1) is 11.4 Å². The van der Waals surface area contributed by atoms with Crippen molar-refractivity contribution in [2.75, 3.05) is 12.4 Å². The van der Waals surface area contributed by atoms with Crippen molar-refractivity contribution in [3.05, 3.63) is 36.7 Å². The highest BCUT2D eigenvalue weighted by Gasteiger charge is 2.00. The number of anilines is 1. The van der Waals surface area contributed by atoms with E-state index in [0.29, 0.717) is 11.4 Å². The topological polar surface area (TPSA) is 24.4 Å². The Bertz CT molecular complexity index is 370. The predicted octanol–water partition coefficient (Wildman–Crippen LogP) is 3.15. The van der Waals surface area contributed by atoms with Crippen molar-refractivity contribution in [1.82, 2.24) is 0 Å². The number of aliphatic imine (C=N–C) groups is 1. The number of hydrogen-bond acceptors (Lipinski definition) is 2. The standard InChI is InChI=1S/C11H13FN2/c1-4-8(2)14-10-6-5-9(12)7-11(10)13-3/h4-7,13H,1H2,2-3H3. The quantitative estimate of drug-likeness (QED) is 0.731. The van der Waals surface area contributed by atoms with Crippen LogP contribution in [0.4, 0.5) is 15.8 Å². The molecule has 14 heavy (non-hydrogen) atoms. The molecular formula is C11H13FN2. The van der Waals surface area contributed by atoms with E-state index >= 15 is 0 Å². The first-order valence-corrected chi connectivity index (χ1v) is 4.32. The van der Waals surface area contributed by atoms with Crippen molar-refractivity contribution in [3.8, 4) is 0 Å². The van der Waals surface area contributed by atoms with Gasteiger partial charge < -0.3 is 5.32 Å². The molecule has 0 unspecified atom stereocenters. The summed E-state index contributed by atoms with van der Waals surface area (Å²) in [5.74, 6) is -0.274. The van der Waals surface area contributed by atoms with Crippen LogP contribution in [0.5, 0.6) is 0 Å². The minimum Gasteiger partial charge on any atom is -0.386 e. The molecule has 0 saturated heterocycles. The van der Waals surface area contributed by atoms with E-state index in [4.69, 9.17) is 0 Å². The summed E-state index contributed by atoms with van der Waals surface area (Å²) in [6.45, 7) is 5.45. The van der Waals surface area contributed by atoms with Crippen LogP contribution in [0.25, 0.3) is 0 Å². The highest BCUT2D eigenvalue weighted by molar-refractivity contribution is 5.95. The Morgan fingerprint density at radius 2 is 2.29 bits per heavy atom.